The van der Waals surface area contributed by atoms with E-state index < -0.39 is 10.0 Å². The molecule has 2 atom stereocenters. The second-order valence-electron chi connectivity index (χ2n) is 8.03. The maximum absolute atomic E-state index is 13.5. The Morgan fingerprint density at radius 2 is 1.93 bits per heavy atom. The van der Waals surface area contributed by atoms with Crippen LogP contribution in [0.2, 0.25) is 0 Å². The molecule has 1 saturated heterocycles. The Morgan fingerprint density at radius 1 is 1.27 bits per heavy atom. The third-order valence-electron chi connectivity index (χ3n) is 5.54. The molecule has 2 N–H and O–H groups in total. The van der Waals surface area contributed by atoms with E-state index in [9.17, 15) is 12.8 Å². The number of nitrogens with one attached hydrogen (secondary N) is 2. The summed E-state index contributed by atoms with van der Waals surface area (Å²) in [6.45, 7) is 5.42. The number of benzene rings is 1. The summed E-state index contributed by atoms with van der Waals surface area (Å²) < 4.78 is 45.9. The Hall–Kier alpha value is -0.980. The molecule has 170 valence electrons. The summed E-state index contributed by atoms with van der Waals surface area (Å²) in [5.41, 5.74) is 0.907. The normalized spacial score (nSPS) is 24.1. The van der Waals surface area contributed by atoms with Gasteiger partial charge in [0.1, 0.15) is 5.82 Å². The van der Waals surface area contributed by atoms with Crippen LogP contribution in [0.3, 0.4) is 0 Å². The minimum atomic E-state index is -3.37. The van der Waals surface area contributed by atoms with Gasteiger partial charge in [0.05, 0.1) is 18.0 Å². The molecule has 3 rings (SSSR count). The standard InChI is InChI=1S/C20H31FN4O3S.HI/c1-15-12-25(13-16(2)28-15)29(26,27)10-9-23-19(22-3)24-14-20(7-8-20)17-5-4-6-18(21)11-17;/h4-6,11,15-16H,7-10,12-14H2,1-3H3,(H2,22,23,24);1H. The van der Waals surface area contributed by atoms with Gasteiger partial charge in [-0.3, -0.25) is 4.99 Å². The third kappa shape index (κ3) is 6.51. The van der Waals surface area contributed by atoms with E-state index in [1.54, 1.807) is 19.2 Å². The lowest BCUT2D eigenvalue weighted by Crippen LogP contribution is -2.50. The molecule has 0 bridgehead atoms. The monoisotopic (exact) mass is 554 g/mol. The van der Waals surface area contributed by atoms with Crippen molar-refractivity contribution in [3.05, 3.63) is 35.6 Å². The SMILES string of the molecule is CN=C(NCCS(=O)(=O)N1CC(C)OC(C)C1)NCC1(c2cccc(F)c2)CC1.I. The zero-order valence-corrected chi connectivity index (χ0v) is 20.9. The highest BCUT2D eigenvalue weighted by atomic mass is 127. The first kappa shape index (κ1) is 25.3. The summed E-state index contributed by atoms with van der Waals surface area (Å²) in [4.78, 5) is 4.18. The Kier molecular flexibility index (Phi) is 8.90. The van der Waals surface area contributed by atoms with Crippen LogP contribution in [0.1, 0.15) is 32.3 Å². The molecule has 7 nitrogen and oxygen atoms in total. The number of halogens is 2. The number of rotatable bonds is 7. The second-order valence-corrected chi connectivity index (χ2v) is 10.1. The van der Waals surface area contributed by atoms with E-state index in [4.69, 9.17) is 4.74 Å². The molecule has 1 aromatic carbocycles. The van der Waals surface area contributed by atoms with Gasteiger partial charge in [0.2, 0.25) is 10.0 Å². The second kappa shape index (κ2) is 10.6. The van der Waals surface area contributed by atoms with E-state index in [0.29, 0.717) is 25.6 Å². The van der Waals surface area contributed by atoms with Crippen molar-refractivity contribution in [2.75, 3.05) is 39.0 Å². The van der Waals surface area contributed by atoms with Gasteiger partial charge in [0.25, 0.3) is 0 Å². The minimum Gasteiger partial charge on any atom is -0.373 e. The Bertz CT molecular complexity index is 838. The average molecular weight is 554 g/mol. The van der Waals surface area contributed by atoms with Crippen molar-refractivity contribution in [2.45, 2.75) is 44.3 Å². The largest absolute Gasteiger partial charge is 0.373 e. The molecule has 1 aromatic rings. The summed E-state index contributed by atoms with van der Waals surface area (Å²) in [6, 6.07) is 6.71. The van der Waals surface area contributed by atoms with Crippen LogP contribution in [-0.2, 0) is 20.2 Å². The van der Waals surface area contributed by atoms with Crippen LogP contribution in [0.15, 0.2) is 29.3 Å². The molecule has 2 fully saturated rings. The Morgan fingerprint density at radius 3 is 2.50 bits per heavy atom. The first-order valence-electron chi connectivity index (χ1n) is 10.1. The predicted molar refractivity (Wildman–Crippen MR) is 127 cm³/mol. The molecule has 0 aromatic heterocycles. The smallest absolute Gasteiger partial charge is 0.216 e. The minimum absolute atomic E-state index is 0. The number of hydrogen-bond acceptors (Lipinski definition) is 4. The lowest BCUT2D eigenvalue weighted by molar-refractivity contribution is -0.0440. The molecule has 10 heteroatoms. The molecule has 0 radical (unpaired) electrons. The molecular formula is C20H32FIN4O3S. The lowest BCUT2D eigenvalue weighted by Gasteiger charge is -2.34. The average Bonchev–Trinajstić information content (AvgIpc) is 3.45. The Balaban J connectivity index is 0.00000320. The van der Waals surface area contributed by atoms with Crippen LogP contribution in [-0.4, -0.2) is 69.9 Å². The van der Waals surface area contributed by atoms with Crippen LogP contribution >= 0.6 is 24.0 Å². The van der Waals surface area contributed by atoms with Crippen LogP contribution in [0.5, 0.6) is 0 Å². The van der Waals surface area contributed by atoms with Crippen LogP contribution in [0.4, 0.5) is 4.39 Å². The summed E-state index contributed by atoms with van der Waals surface area (Å²) in [6.07, 6.45) is 1.77. The summed E-state index contributed by atoms with van der Waals surface area (Å²) in [7, 11) is -1.72. The number of guanidine groups is 1. The molecule has 1 aliphatic carbocycles. The predicted octanol–water partition coefficient (Wildman–Crippen LogP) is 2.08. The van der Waals surface area contributed by atoms with Gasteiger partial charge in [0.15, 0.2) is 5.96 Å². The van der Waals surface area contributed by atoms with Crippen molar-refractivity contribution in [1.29, 1.82) is 0 Å². The summed E-state index contributed by atoms with van der Waals surface area (Å²) >= 11 is 0. The van der Waals surface area contributed by atoms with Crippen LogP contribution in [0, 0.1) is 5.82 Å². The van der Waals surface area contributed by atoms with Gasteiger partial charge in [-0.25, -0.2) is 12.8 Å². The van der Waals surface area contributed by atoms with E-state index in [2.05, 4.69) is 15.6 Å². The van der Waals surface area contributed by atoms with Crippen molar-refractivity contribution >= 4 is 40.0 Å². The highest BCUT2D eigenvalue weighted by Gasteiger charge is 2.44. The maximum atomic E-state index is 13.5. The topological polar surface area (TPSA) is 83.0 Å². The fraction of sp³-hybridized carbons (Fsp3) is 0.650. The van der Waals surface area contributed by atoms with E-state index in [1.807, 2.05) is 19.9 Å². The van der Waals surface area contributed by atoms with Gasteiger partial charge in [-0.1, -0.05) is 12.1 Å². The van der Waals surface area contributed by atoms with Gasteiger partial charge < -0.3 is 15.4 Å². The van der Waals surface area contributed by atoms with Gasteiger partial charge in [-0.2, -0.15) is 4.31 Å². The highest BCUT2D eigenvalue weighted by Crippen LogP contribution is 2.47. The van der Waals surface area contributed by atoms with Crippen molar-refractivity contribution < 1.29 is 17.5 Å². The maximum Gasteiger partial charge on any atom is 0.216 e. The molecular weight excluding hydrogens is 522 g/mol. The zero-order chi connectivity index (χ0) is 21.1. The fourth-order valence-electron chi connectivity index (χ4n) is 3.80. The van der Waals surface area contributed by atoms with Gasteiger partial charge >= 0.3 is 0 Å². The van der Waals surface area contributed by atoms with Crippen molar-refractivity contribution in [3.63, 3.8) is 0 Å². The summed E-state index contributed by atoms with van der Waals surface area (Å²) in [5.74, 6) is 0.308. The van der Waals surface area contributed by atoms with E-state index >= 15 is 0 Å². The molecule has 0 amide bonds. The highest BCUT2D eigenvalue weighted by molar-refractivity contribution is 14.0. The van der Waals surface area contributed by atoms with Crippen LogP contribution in [0.25, 0.3) is 0 Å². The third-order valence-corrected chi connectivity index (χ3v) is 7.35. The molecule has 2 aliphatic rings. The number of sulfonamides is 1. The molecule has 1 heterocycles. The number of nitrogens with zero attached hydrogens (tertiary/aromatic N) is 2. The number of hydrogen-bond donors (Lipinski definition) is 2. The van der Waals surface area contributed by atoms with E-state index in [-0.39, 0.29) is 59.7 Å². The van der Waals surface area contributed by atoms with Crippen molar-refractivity contribution in [3.8, 4) is 0 Å². The molecule has 1 aliphatic heterocycles. The van der Waals surface area contributed by atoms with Gasteiger partial charge in [0, 0.05) is 38.6 Å². The molecule has 2 unspecified atom stereocenters. The first-order chi connectivity index (χ1) is 13.7. The van der Waals surface area contributed by atoms with Gasteiger partial charge in [-0.05, 0) is 44.4 Å². The van der Waals surface area contributed by atoms with E-state index in [0.717, 1.165) is 18.4 Å². The number of ether oxygens (including phenoxy) is 1. The number of morpholine rings is 1. The first-order valence-corrected chi connectivity index (χ1v) is 11.7. The molecule has 30 heavy (non-hydrogen) atoms. The zero-order valence-electron chi connectivity index (χ0n) is 17.7. The molecule has 1 saturated carbocycles. The molecule has 0 spiro atoms. The van der Waals surface area contributed by atoms with Crippen LogP contribution < -0.4 is 10.6 Å². The van der Waals surface area contributed by atoms with Crippen molar-refractivity contribution in [2.24, 2.45) is 4.99 Å². The number of aliphatic imine (C=N–C) groups is 1. The van der Waals surface area contributed by atoms with Crippen molar-refractivity contribution in [1.82, 2.24) is 14.9 Å². The quantitative estimate of drug-likeness (QED) is 0.307. The Labute approximate surface area is 195 Å². The lowest BCUT2D eigenvalue weighted by atomic mass is 9.96. The van der Waals surface area contributed by atoms with E-state index in [1.165, 1.54) is 10.4 Å². The van der Waals surface area contributed by atoms with Gasteiger partial charge in [-0.15, -0.1) is 24.0 Å². The summed E-state index contributed by atoms with van der Waals surface area (Å²) in [5, 5.41) is 6.34. The fourth-order valence-corrected chi connectivity index (χ4v) is 5.29.